The first-order chi connectivity index (χ1) is 10.7. The second kappa shape index (κ2) is 6.89. The van der Waals surface area contributed by atoms with Gasteiger partial charge in [-0.25, -0.2) is 0 Å². The smallest absolute Gasteiger partial charge is 0.126 e. The number of aliphatic hydroxyl groups excluding tert-OH is 1. The fraction of sp³-hybridized carbons (Fsp3) is 0.619. The Kier molecular flexibility index (Phi) is 5.95. The Balaban J connectivity index is 3.69. The molecule has 24 heavy (non-hydrogen) atoms. The van der Waals surface area contributed by atoms with Crippen LogP contribution in [-0.4, -0.2) is 23.4 Å². The average molecular weight is 334 g/mol. The van der Waals surface area contributed by atoms with Gasteiger partial charge in [0.1, 0.15) is 5.75 Å². The van der Waals surface area contributed by atoms with Crippen LogP contribution in [0.1, 0.15) is 72.1 Å². The van der Waals surface area contributed by atoms with Crippen LogP contribution in [0.15, 0.2) is 17.7 Å². The third-order valence-corrected chi connectivity index (χ3v) is 4.69. The summed E-state index contributed by atoms with van der Waals surface area (Å²) >= 11 is 0. The van der Waals surface area contributed by atoms with Gasteiger partial charge in [-0.3, -0.25) is 0 Å². The molecular weight excluding hydrogens is 298 g/mol. The zero-order chi connectivity index (χ0) is 18.9. The first-order valence-corrected chi connectivity index (χ1v) is 8.64. The lowest BCUT2D eigenvalue weighted by atomic mass is 9.78. The molecule has 1 aromatic rings. The van der Waals surface area contributed by atoms with E-state index in [1.165, 1.54) is 5.56 Å². The molecule has 0 unspecified atom stereocenters. The minimum atomic E-state index is -0.319. The second-order valence-electron chi connectivity index (χ2n) is 9.38. The number of aromatic hydroxyl groups is 1. The molecule has 0 fully saturated rings. The van der Waals surface area contributed by atoms with E-state index < -0.39 is 0 Å². The molecule has 0 aliphatic heterocycles. The van der Waals surface area contributed by atoms with Crippen LogP contribution >= 0.6 is 0 Å². The lowest BCUT2D eigenvalue weighted by Gasteiger charge is -2.28. The summed E-state index contributed by atoms with van der Waals surface area (Å²) in [5.74, 6) is 0.286. The average Bonchev–Trinajstić information content (AvgIpc) is 2.43. The molecule has 0 spiro atoms. The number of benzene rings is 1. The monoisotopic (exact) mass is 333 g/mol. The quantitative estimate of drug-likeness (QED) is 0.767. The molecule has 0 saturated heterocycles. The van der Waals surface area contributed by atoms with E-state index in [-0.39, 0.29) is 28.6 Å². The van der Waals surface area contributed by atoms with E-state index in [4.69, 9.17) is 5.73 Å². The highest BCUT2D eigenvalue weighted by Crippen LogP contribution is 2.39. The summed E-state index contributed by atoms with van der Waals surface area (Å²) in [4.78, 5) is 0. The molecule has 0 heterocycles. The van der Waals surface area contributed by atoms with Crippen molar-refractivity contribution in [1.82, 2.24) is 0 Å². The molecule has 3 heteroatoms. The van der Waals surface area contributed by atoms with Crippen LogP contribution in [-0.2, 0) is 10.8 Å². The molecule has 0 bridgehead atoms. The van der Waals surface area contributed by atoms with E-state index in [1.54, 1.807) is 0 Å². The summed E-state index contributed by atoms with van der Waals surface area (Å²) in [5.41, 5.74) is 9.00. The number of hydrogen-bond acceptors (Lipinski definition) is 3. The van der Waals surface area contributed by atoms with Gasteiger partial charge in [-0.1, -0.05) is 61.5 Å². The van der Waals surface area contributed by atoms with Gasteiger partial charge < -0.3 is 15.9 Å². The lowest BCUT2D eigenvalue weighted by molar-refractivity contribution is 0.292. The number of hydrogen-bond donors (Lipinski definition) is 3. The minimum absolute atomic E-state index is 0.0287. The minimum Gasteiger partial charge on any atom is -0.507 e. The topological polar surface area (TPSA) is 66.5 Å². The van der Waals surface area contributed by atoms with E-state index in [1.807, 2.05) is 26.0 Å². The van der Waals surface area contributed by atoms with Crippen LogP contribution in [0, 0.1) is 5.41 Å². The first kappa shape index (κ1) is 20.7. The Morgan fingerprint density at radius 1 is 1.00 bits per heavy atom. The first-order valence-electron chi connectivity index (χ1n) is 8.64. The van der Waals surface area contributed by atoms with Crippen LogP contribution in [0.2, 0.25) is 0 Å². The van der Waals surface area contributed by atoms with E-state index in [0.717, 1.165) is 16.7 Å². The van der Waals surface area contributed by atoms with Crippen molar-refractivity contribution in [3.05, 3.63) is 34.4 Å². The summed E-state index contributed by atoms with van der Waals surface area (Å²) in [6.07, 6.45) is 1.90. The Labute approximate surface area is 147 Å². The Hall–Kier alpha value is -1.32. The summed E-state index contributed by atoms with van der Waals surface area (Å²) in [6.45, 7) is 17.1. The molecule has 1 rings (SSSR count). The van der Waals surface area contributed by atoms with Gasteiger partial charge in [0.25, 0.3) is 0 Å². The molecule has 0 radical (unpaired) electrons. The van der Waals surface area contributed by atoms with Crippen molar-refractivity contribution in [3.63, 3.8) is 0 Å². The Morgan fingerprint density at radius 2 is 1.54 bits per heavy atom. The van der Waals surface area contributed by atoms with Gasteiger partial charge in [0.15, 0.2) is 0 Å². The molecule has 4 N–H and O–H groups in total. The number of nitrogens with two attached hydrogens (primary N) is 1. The molecule has 0 saturated carbocycles. The maximum Gasteiger partial charge on any atom is 0.126 e. The Bertz CT molecular complexity index is 614. The highest BCUT2D eigenvalue weighted by Gasteiger charge is 2.26. The number of rotatable bonds is 4. The van der Waals surface area contributed by atoms with Crippen LogP contribution in [0.5, 0.6) is 5.75 Å². The SMILES string of the molecule is CC(C)(CN)C(=Cc1cc(C(C)(C)C)cc(C(C)(C)C)c1O)CO. The normalized spacial score (nSPS) is 14.2. The van der Waals surface area contributed by atoms with E-state index >= 15 is 0 Å². The van der Waals surface area contributed by atoms with Crippen molar-refractivity contribution < 1.29 is 10.2 Å². The largest absolute Gasteiger partial charge is 0.507 e. The third-order valence-electron chi connectivity index (χ3n) is 4.69. The predicted octanol–water partition coefficient (Wildman–Crippen LogP) is 4.35. The van der Waals surface area contributed by atoms with Crippen LogP contribution in [0.3, 0.4) is 0 Å². The predicted molar refractivity (Wildman–Crippen MR) is 103 cm³/mol. The molecule has 136 valence electrons. The lowest BCUT2D eigenvalue weighted by Crippen LogP contribution is -2.27. The van der Waals surface area contributed by atoms with Crippen LogP contribution in [0.4, 0.5) is 0 Å². The van der Waals surface area contributed by atoms with Crippen molar-refractivity contribution in [1.29, 1.82) is 0 Å². The Morgan fingerprint density at radius 3 is 1.92 bits per heavy atom. The van der Waals surface area contributed by atoms with Gasteiger partial charge in [0.05, 0.1) is 6.61 Å². The van der Waals surface area contributed by atoms with Gasteiger partial charge in [-0.15, -0.1) is 0 Å². The number of phenols is 1. The standard InChI is InChI=1S/C21H35NO2/c1-19(2,3)15-9-14(10-16(12-23)21(7,8)13-22)18(24)17(11-15)20(4,5)6/h9-11,23-24H,12-13,22H2,1-8H3. The zero-order valence-electron chi connectivity index (χ0n) is 16.6. The van der Waals surface area contributed by atoms with Gasteiger partial charge in [0.2, 0.25) is 0 Å². The van der Waals surface area contributed by atoms with Crippen molar-refractivity contribution in [2.45, 2.75) is 66.2 Å². The second-order valence-corrected chi connectivity index (χ2v) is 9.38. The molecule has 1 aromatic carbocycles. The van der Waals surface area contributed by atoms with Crippen molar-refractivity contribution in [3.8, 4) is 5.75 Å². The van der Waals surface area contributed by atoms with Crippen molar-refractivity contribution >= 4 is 6.08 Å². The molecule has 0 amide bonds. The van der Waals surface area contributed by atoms with Gasteiger partial charge in [-0.05, 0) is 34.1 Å². The van der Waals surface area contributed by atoms with Crippen LogP contribution in [0.25, 0.3) is 6.08 Å². The van der Waals surface area contributed by atoms with E-state index in [9.17, 15) is 10.2 Å². The highest BCUT2D eigenvalue weighted by atomic mass is 16.3. The zero-order valence-corrected chi connectivity index (χ0v) is 16.6. The fourth-order valence-corrected chi connectivity index (χ4v) is 2.55. The highest BCUT2D eigenvalue weighted by molar-refractivity contribution is 5.65. The maximum atomic E-state index is 10.8. The summed E-state index contributed by atoms with van der Waals surface area (Å²) in [5, 5.41) is 20.6. The number of aliphatic hydroxyl groups is 1. The number of phenolic OH excluding ortho intramolecular Hbond substituents is 1. The van der Waals surface area contributed by atoms with Crippen molar-refractivity contribution in [2.75, 3.05) is 13.2 Å². The van der Waals surface area contributed by atoms with Gasteiger partial charge in [0, 0.05) is 23.1 Å². The maximum absolute atomic E-state index is 10.8. The summed E-state index contributed by atoms with van der Waals surface area (Å²) in [6, 6.07) is 4.12. The van der Waals surface area contributed by atoms with E-state index in [2.05, 4.69) is 47.6 Å². The van der Waals surface area contributed by atoms with Gasteiger partial charge in [-0.2, -0.15) is 0 Å². The summed E-state index contributed by atoms with van der Waals surface area (Å²) in [7, 11) is 0. The summed E-state index contributed by atoms with van der Waals surface area (Å²) < 4.78 is 0. The molecule has 0 atom stereocenters. The van der Waals surface area contributed by atoms with Crippen molar-refractivity contribution in [2.24, 2.45) is 11.1 Å². The molecular formula is C21H35NO2. The molecule has 0 aliphatic carbocycles. The van der Waals surface area contributed by atoms with E-state index in [0.29, 0.717) is 6.54 Å². The van der Waals surface area contributed by atoms with Gasteiger partial charge >= 0.3 is 0 Å². The fourth-order valence-electron chi connectivity index (χ4n) is 2.55. The third kappa shape index (κ3) is 4.61. The molecule has 0 aromatic heterocycles. The van der Waals surface area contributed by atoms with Crippen LogP contribution < -0.4 is 5.73 Å². The molecule has 3 nitrogen and oxygen atoms in total. The molecule has 0 aliphatic rings.